The predicted molar refractivity (Wildman–Crippen MR) is 121 cm³/mol. The molecule has 1 atom stereocenters. The Morgan fingerprint density at radius 2 is 1.82 bits per heavy atom. The number of amides is 1. The maximum absolute atomic E-state index is 12.2. The number of aryl methyl sites for hydroxylation is 1. The number of carbonyl (C=O) groups is 2. The lowest BCUT2D eigenvalue weighted by molar-refractivity contribution is -0.192. The molecule has 0 aliphatic carbocycles. The first-order valence-corrected chi connectivity index (χ1v) is 10.0. The fourth-order valence-corrected chi connectivity index (χ4v) is 2.82. The first kappa shape index (κ1) is 26.2. The molecule has 0 radical (unpaired) electrons. The van der Waals surface area contributed by atoms with Crippen LogP contribution >= 0.6 is 0 Å². The van der Waals surface area contributed by atoms with Crippen LogP contribution in [0.25, 0.3) is 11.8 Å². The van der Waals surface area contributed by atoms with Crippen LogP contribution in [0.3, 0.4) is 0 Å². The molecule has 1 heterocycles. The first-order chi connectivity index (χ1) is 16.0. The normalized spacial score (nSPS) is 11.9. The number of alkyl halides is 3. The third kappa shape index (κ3) is 7.80. The summed E-state index contributed by atoms with van der Waals surface area (Å²) in [6, 6.07) is 15.6. The van der Waals surface area contributed by atoms with Crippen LogP contribution in [0.5, 0.6) is 5.75 Å². The molecule has 3 aromatic rings. The number of methoxy groups -OCH3 is 1. The van der Waals surface area contributed by atoms with Crippen molar-refractivity contribution in [1.29, 1.82) is 0 Å². The molecule has 0 aliphatic heterocycles. The third-order valence-electron chi connectivity index (χ3n) is 4.52. The second kappa shape index (κ2) is 11.7. The number of aliphatic carboxylic acids is 1. The SMILES string of the molecule is COc1cc(/C=C/C(=O)N[C@@H](C)c2ccccc2)ccc1-n1cnc(C)c1.O=C(O)C(F)(F)F. The molecular formula is C24H24F3N3O4. The molecule has 0 unspecified atom stereocenters. The van der Waals surface area contributed by atoms with Crippen LogP contribution in [-0.4, -0.2) is 39.8 Å². The summed E-state index contributed by atoms with van der Waals surface area (Å²) in [6.07, 6.45) is 1.92. The molecule has 1 amide bonds. The number of nitrogens with zero attached hydrogens (tertiary/aromatic N) is 2. The zero-order valence-corrected chi connectivity index (χ0v) is 18.7. The Morgan fingerprint density at radius 1 is 1.18 bits per heavy atom. The van der Waals surface area contributed by atoms with Gasteiger partial charge in [-0.25, -0.2) is 9.78 Å². The van der Waals surface area contributed by atoms with Crippen molar-refractivity contribution in [3.63, 3.8) is 0 Å². The van der Waals surface area contributed by atoms with Gasteiger partial charge in [0.05, 0.1) is 30.9 Å². The van der Waals surface area contributed by atoms with Crippen LogP contribution in [0.15, 0.2) is 67.1 Å². The number of imidazole rings is 1. The van der Waals surface area contributed by atoms with Gasteiger partial charge in [0.25, 0.3) is 0 Å². The molecule has 180 valence electrons. The van der Waals surface area contributed by atoms with E-state index < -0.39 is 12.1 Å². The van der Waals surface area contributed by atoms with Crippen molar-refractivity contribution >= 4 is 18.0 Å². The van der Waals surface area contributed by atoms with Crippen molar-refractivity contribution in [2.75, 3.05) is 7.11 Å². The quantitative estimate of drug-likeness (QED) is 0.504. The molecule has 0 saturated heterocycles. The Balaban J connectivity index is 0.000000509. The minimum absolute atomic E-state index is 0.0512. The summed E-state index contributed by atoms with van der Waals surface area (Å²) in [6.45, 7) is 3.90. The number of hydrogen-bond donors (Lipinski definition) is 2. The number of carboxylic acid groups (broad SMARTS) is 1. The zero-order chi connectivity index (χ0) is 25.3. The number of aromatic nitrogens is 2. The van der Waals surface area contributed by atoms with Crippen molar-refractivity contribution in [2.45, 2.75) is 26.1 Å². The number of carbonyl (C=O) groups excluding carboxylic acids is 1. The van der Waals surface area contributed by atoms with E-state index >= 15 is 0 Å². The molecule has 7 nitrogen and oxygen atoms in total. The Morgan fingerprint density at radius 3 is 2.35 bits per heavy atom. The van der Waals surface area contributed by atoms with E-state index in [2.05, 4.69) is 10.3 Å². The van der Waals surface area contributed by atoms with E-state index in [0.717, 1.165) is 22.5 Å². The second-order valence-corrected chi connectivity index (χ2v) is 7.13. The van der Waals surface area contributed by atoms with Crippen LogP contribution < -0.4 is 10.1 Å². The van der Waals surface area contributed by atoms with Crippen LogP contribution in [0, 0.1) is 6.92 Å². The fourth-order valence-electron chi connectivity index (χ4n) is 2.82. The molecule has 1 aromatic heterocycles. The molecule has 34 heavy (non-hydrogen) atoms. The van der Waals surface area contributed by atoms with E-state index in [1.807, 2.05) is 73.1 Å². The number of nitrogens with one attached hydrogen (secondary N) is 1. The second-order valence-electron chi connectivity index (χ2n) is 7.13. The van der Waals surface area contributed by atoms with Gasteiger partial charge in [0.2, 0.25) is 5.91 Å². The van der Waals surface area contributed by atoms with Crippen LogP contribution in [-0.2, 0) is 9.59 Å². The number of halogens is 3. The number of rotatable bonds is 6. The predicted octanol–water partition coefficient (Wildman–Crippen LogP) is 4.71. The highest BCUT2D eigenvalue weighted by molar-refractivity contribution is 5.92. The first-order valence-electron chi connectivity index (χ1n) is 10.0. The van der Waals surface area contributed by atoms with Crippen molar-refractivity contribution in [2.24, 2.45) is 0 Å². The summed E-state index contributed by atoms with van der Waals surface area (Å²) in [5.41, 5.74) is 3.79. The average Bonchev–Trinajstić information content (AvgIpc) is 3.23. The maximum Gasteiger partial charge on any atom is 0.490 e. The van der Waals surface area contributed by atoms with E-state index in [0.29, 0.717) is 5.75 Å². The van der Waals surface area contributed by atoms with Gasteiger partial charge < -0.3 is 19.7 Å². The molecular weight excluding hydrogens is 451 g/mol. The molecule has 0 spiro atoms. The molecule has 3 rings (SSSR count). The highest BCUT2D eigenvalue weighted by atomic mass is 19.4. The minimum atomic E-state index is -5.08. The third-order valence-corrected chi connectivity index (χ3v) is 4.52. The lowest BCUT2D eigenvalue weighted by Crippen LogP contribution is -2.24. The van der Waals surface area contributed by atoms with Gasteiger partial charge in [-0.05, 0) is 43.2 Å². The molecule has 2 N–H and O–H groups in total. The fraction of sp³-hybridized carbons (Fsp3) is 0.208. The summed E-state index contributed by atoms with van der Waals surface area (Å²) >= 11 is 0. The minimum Gasteiger partial charge on any atom is -0.495 e. The molecule has 10 heteroatoms. The highest BCUT2D eigenvalue weighted by Gasteiger charge is 2.38. The largest absolute Gasteiger partial charge is 0.495 e. The zero-order valence-electron chi connectivity index (χ0n) is 18.7. The van der Waals surface area contributed by atoms with Crippen molar-refractivity contribution in [3.05, 3.63) is 84.0 Å². The molecule has 0 fully saturated rings. The van der Waals surface area contributed by atoms with E-state index in [1.54, 1.807) is 19.5 Å². The Bertz CT molecular complexity index is 1140. The van der Waals surface area contributed by atoms with Gasteiger partial charge in [-0.3, -0.25) is 4.79 Å². The number of carboxylic acids is 1. The van der Waals surface area contributed by atoms with Crippen molar-refractivity contribution < 1.29 is 32.6 Å². The van der Waals surface area contributed by atoms with Gasteiger partial charge >= 0.3 is 12.1 Å². The van der Waals surface area contributed by atoms with Gasteiger partial charge in [-0.1, -0.05) is 36.4 Å². The topological polar surface area (TPSA) is 93.5 Å². The van der Waals surface area contributed by atoms with Gasteiger partial charge in [0.1, 0.15) is 5.75 Å². The standard InChI is InChI=1S/C22H23N3O2.C2HF3O2/c1-16-14-25(15-23-16)20-11-9-18(13-21(20)27-3)10-12-22(26)24-17(2)19-7-5-4-6-8-19;3-2(4,5)1(6)7/h4-15,17H,1-3H3,(H,24,26);(H,6,7)/b12-10+;/t17-;/m0./s1. The van der Waals surface area contributed by atoms with Crippen LogP contribution in [0.4, 0.5) is 13.2 Å². The molecule has 0 bridgehead atoms. The maximum atomic E-state index is 12.2. The Labute approximate surface area is 194 Å². The number of ether oxygens (including phenoxy) is 1. The lowest BCUT2D eigenvalue weighted by atomic mass is 10.1. The van der Waals surface area contributed by atoms with Crippen molar-refractivity contribution in [3.8, 4) is 11.4 Å². The van der Waals surface area contributed by atoms with Crippen molar-refractivity contribution in [1.82, 2.24) is 14.9 Å². The highest BCUT2D eigenvalue weighted by Crippen LogP contribution is 2.25. The van der Waals surface area contributed by atoms with Gasteiger partial charge in [0.15, 0.2) is 0 Å². The van der Waals surface area contributed by atoms with Gasteiger partial charge in [0, 0.05) is 12.3 Å². The monoisotopic (exact) mass is 475 g/mol. The molecule has 2 aromatic carbocycles. The Kier molecular flexibility index (Phi) is 9.00. The van der Waals surface area contributed by atoms with Gasteiger partial charge in [-0.2, -0.15) is 13.2 Å². The lowest BCUT2D eigenvalue weighted by Gasteiger charge is -2.12. The van der Waals surface area contributed by atoms with E-state index in [-0.39, 0.29) is 11.9 Å². The number of hydrogen-bond acceptors (Lipinski definition) is 4. The van der Waals surface area contributed by atoms with Gasteiger partial charge in [-0.15, -0.1) is 0 Å². The summed E-state index contributed by atoms with van der Waals surface area (Å²) in [5, 5.41) is 10.1. The van der Waals surface area contributed by atoms with Crippen LogP contribution in [0.1, 0.15) is 29.8 Å². The summed E-state index contributed by atoms with van der Waals surface area (Å²) in [7, 11) is 1.63. The average molecular weight is 475 g/mol. The summed E-state index contributed by atoms with van der Waals surface area (Å²) in [5.74, 6) is -2.18. The van der Waals surface area contributed by atoms with E-state index in [1.165, 1.54) is 6.08 Å². The summed E-state index contributed by atoms with van der Waals surface area (Å²) < 4.78 is 39.1. The summed E-state index contributed by atoms with van der Waals surface area (Å²) in [4.78, 5) is 25.3. The number of benzene rings is 2. The van der Waals surface area contributed by atoms with E-state index in [9.17, 15) is 18.0 Å². The smallest absolute Gasteiger partial charge is 0.490 e. The molecule has 0 aliphatic rings. The van der Waals surface area contributed by atoms with Crippen LogP contribution in [0.2, 0.25) is 0 Å². The Hall–Kier alpha value is -4.08. The molecule has 0 saturated carbocycles. The van der Waals surface area contributed by atoms with E-state index in [4.69, 9.17) is 14.6 Å².